The highest BCUT2D eigenvalue weighted by Gasteiger charge is 2.05. The second-order valence-electron chi connectivity index (χ2n) is 4.60. The number of anilines is 1. The van der Waals surface area contributed by atoms with Crippen LogP contribution in [0.5, 0.6) is 5.75 Å². The predicted octanol–water partition coefficient (Wildman–Crippen LogP) is 3.91. The lowest BCUT2D eigenvalue weighted by molar-refractivity contribution is 0.410. The zero-order chi connectivity index (χ0) is 14.7. The molecule has 0 aliphatic heterocycles. The van der Waals surface area contributed by atoms with Crippen LogP contribution in [0.3, 0.4) is 0 Å². The van der Waals surface area contributed by atoms with Crippen LogP contribution in [-0.2, 0) is 6.54 Å². The van der Waals surface area contributed by atoms with Crippen LogP contribution < -0.4 is 10.1 Å². The zero-order valence-electron chi connectivity index (χ0n) is 11.6. The van der Waals surface area contributed by atoms with E-state index >= 15 is 0 Å². The first-order valence-electron chi connectivity index (χ1n) is 6.63. The molecule has 1 aromatic heterocycles. The van der Waals surface area contributed by atoms with Gasteiger partial charge in [0.2, 0.25) is 0 Å². The van der Waals surface area contributed by atoms with Crippen LogP contribution in [0, 0.1) is 4.77 Å². The van der Waals surface area contributed by atoms with Crippen molar-refractivity contribution in [2.45, 2.75) is 6.54 Å². The maximum Gasteiger partial charge on any atom is 0.199 e. The van der Waals surface area contributed by atoms with Crippen LogP contribution in [0.4, 0.5) is 5.82 Å². The molecule has 0 saturated heterocycles. The van der Waals surface area contributed by atoms with Gasteiger partial charge < -0.3 is 15.0 Å². The van der Waals surface area contributed by atoms with Crippen molar-refractivity contribution < 1.29 is 4.74 Å². The van der Waals surface area contributed by atoms with E-state index in [0.29, 0.717) is 11.3 Å². The van der Waals surface area contributed by atoms with Gasteiger partial charge in [0.25, 0.3) is 0 Å². The molecule has 4 nitrogen and oxygen atoms in total. The first kappa shape index (κ1) is 13.6. The summed E-state index contributed by atoms with van der Waals surface area (Å²) in [5.41, 5.74) is 2.05. The van der Waals surface area contributed by atoms with E-state index < -0.39 is 0 Å². The second-order valence-corrected chi connectivity index (χ2v) is 4.99. The minimum absolute atomic E-state index is 0.469. The van der Waals surface area contributed by atoms with Gasteiger partial charge in [0.1, 0.15) is 11.6 Å². The van der Waals surface area contributed by atoms with Crippen molar-refractivity contribution in [2.75, 3.05) is 12.4 Å². The molecule has 5 heteroatoms. The first-order valence-corrected chi connectivity index (χ1v) is 7.03. The van der Waals surface area contributed by atoms with Gasteiger partial charge in [-0.05, 0) is 30.4 Å². The molecule has 0 radical (unpaired) electrons. The number of fused-ring (bicyclic) bond motifs is 1. The summed E-state index contributed by atoms with van der Waals surface area (Å²) in [6.45, 7) is 0.625. The molecule has 3 rings (SSSR count). The number of aromatic nitrogens is 2. The van der Waals surface area contributed by atoms with E-state index in [0.717, 1.165) is 28.0 Å². The number of hydrogen-bond acceptors (Lipinski definition) is 4. The fraction of sp³-hybridized carbons (Fsp3) is 0.125. The van der Waals surface area contributed by atoms with Gasteiger partial charge in [-0.25, -0.2) is 4.98 Å². The molecule has 0 fully saturated rings. The summed E-state index contributed by atoms with van der Waals surface area (Å²) in [7, 11) is 1.67. The van der Waals surface area contributed by atoms with Crippen molar-refractivity contribution in [3.05, 3.63) is 58.9 Å². The Kier molecular flexibility index (Phi) is 3.83. The quantitative estimate of drug-likeness (QED) is 0.717. The third-order valence-electron chi connectivity index (χ3n) is 3.28. The minimum Gasteiger partial charge on any atom is -0.496 e. The molecular formula is C16H15N3OS. The number of benzene rings is 2. The average molecular weight is 297 g/mol. The van der Waals surface area contributed by atoms with Crippen molar-refractivity contribution in [3.63, 3.8) is 0 Å². The van der Waals surface area contributed by atoms with E-state index in [2.05, 4.69) is 15.3 Å². The maximum absolute atomic E-state index is 5.36. The molecule has 106 valence electrons. The van der Waals surface area contributed by atoms with E-state index in [9.17, 15) is 0 Å². The summed E-state index contributed by atoms with van der Waals surface area (Å²) in [5, 5.41) is 4.36. The van der Waals surface area contributed by atoms with E-state index in [1.54, 1.807) is 7.11 Å². The van der Waals surface area contributed by atoms with Gasteiger partial charge in [-0.1, -0.05) is 30.3 Å². The molecule has 0 atom stereocenters. The van der Waals surface area contributed by atoms with Gasteiger partial charge in [-0.3, -0.25) is 0 Å². The van der Waals surface area contributed by atoms with Crippen molar-refractivity contribution in [1.29, 1.82) is 0 Å². The van der Waals surface area contributed by atoms with Crippen molar-refractivity contribution in [2.24, 2.45) is 0 Å². The SMILES string of the molecule is COc1ccccc1CNc1nc(=S)[nH]c2ccccc12. The van der Waals surface area contributed by atoms with E-state index in [1.807, 2.05) is 48.5 Å². The number of hydrogen-bond donors (Lipinski definition) is 2. The van der Waals surface area contributed by atoms with E-state index in [-0.39, 0.29) is 0 Å². The lowest BCUT2D eigenvalue weighted by atomic mass is 10.2. The molecule has 0 spiro atoms. The van der Waals surface area contributed by atoms with E-state index in [4.69, 9.17) is 17.0 Å². The number of rotatable bonds is 4. The molecule has 0 unspecified atom stereocenters. The highest BCUT2D eigenvalue weighted by Crippen LogP contribution is 2.22. The summed E-state index contributed by atoms with van der Waals surface area (Å²) in [5.74, 6) is 1.63. The molecule has 0 aliphatic carbocycles. The smallest absolute Gasteiger partial charge is 0.199 e. The van der Waals surface area contributed by atoms with Gasteiger partial charge in [0, 0.05) is 17.5 Å². The minimum atomic E-state index is 0.469. The van der Waals surface area contributed by atoms with Gasteiger partial charge in [0.15, 0.2) is 4.77 Å². The Hall–Kier alpha value is -2.40. The van der Waals surface area contributed by atoms with Crippen molar-refractivity contribution in [1.82, 2.24) is 9.97 Å². The Balaban J connectivity index is 1.93. The first-order chi connectivity index (χ1) is 10.3. The Morgan fingerprint density at radius 1 is 1.14 bits per heavy atom. The summed E-state index contributed by atoms with van der Waals surface area (Å²) in [6.07, 6.45) is 0. The monoisotopic (exact) mass is 297 g/mol. The fourth-order valence-corrected chi connectivity index (χ4v) is 2.47. The molecule has 1 heterocycles. The van der Waals surface area contributed by atoms with Gasteiger partial charge >= 0.3 is 0 Å². The number of ether oxygens (including phenoxy) is 1. The van der Waals surface area contributed by atoms with Gasteiger partial charge in [0.05, 0.1) is 12.6 Å². The number of H-pyrrole nitrogens is 1. The van der Waals surface area contributed by atoms with Crippen molar-refractivity contribution >= 4 is 28.9 Å². The van der Waals surface area contributed by atoms with Gasteiger partial charge in [-0.2, -0.15) is 0 Å². The Morgan fingerprint density at radius 2 is 1.90 bits per heavy atom. The molecule has 0 amide bonds. The van der Waals surface area contributed by atoms with Crippen LogP contribution in [-0.4, -0.2) is 17.1 Å². The second kappa shape index (κ2) is 5.93. The molecule has 3 aromatic rings. The maximum atomic E-state index is 5.36. The van der Waals surface area contributed by atoms with Crippen LogP contribution in [0.25, 0.3) is 10.9 Å². The largest absolute Gasteiger partial charge is 0.496 e. The normalized spacial score (nSPS) is 10.5. The van der Waals surface area contributed by atoms with Crippen LogP contribution >= 0.6 is 12.2 Å². The topological polar surface area (TPSA) is 49.9 Å². The molecule has 2 aromatic carbocycles. The number of nitrogens with zero attached hydrogens (tertiary/aromatic N) is 1. The van der Waals surface area contributed by atoms with Crippen LogP contribution in [0.1, 0.15) is 5.56 Å². The predicted molar refractivity (Wildman–Crippen MR) is 87.2 cm³/mol. The standard InChI is InChI=1S/C16H15N3OS/c1-20-14-9-5-2-6-11(14)10-17-15-12-7-3-4-8-13(12)18-16(21)19-15/h2-9H,10H2,1H3,(H2,17,18,19,21). The van der Waals surface area contributed by atoms with Crippen LogP contribution in [0.15, 0.2) is 48.5 Å². The third-order valence-corrected chi connectivity index (χ3v) is 3.47. The highest BCUT2D eigenvalue weighted by molar-refractivity contribution is 7.71. The summed E-state index contributed by atoms with van der Waals surface area (Å²) in [6, 6.07) is 15.9. The lowest BCUT2D eigenvalue weighted by Gasteiger charge is -2.11. The Bertz CT molecular complexity index is 829. The average Bonchev–Trinajstić information content (AvgIpc) is 2.52. The number of para-hydroxylation sites is 2. The summed E-state index contributed by atoms with van der Waals surface area (Å²) < 4.78 is 5.83. The van der Waals surface area contributed by atoms with E-state index in [1.165, 1.54) is 0 Å². The molecule has 0 aliphatic rings. The molecule has 0 bridgehead atoms. The number of aromatic amines is 1. The zero-order valence-corrected chi connectivity index (χ0v) is 12.4. The molecular weight excluding hydrogens is 282 g/mol. The Labute approximate surface area is 127 Å². The number of nitrogens with one attached hydrogen (secondary N) is 2. The van der Waals surface area contributed by atoms with Gasteiger partial charge in [-0.15, -0.1) is 0 Å². The number of methoxy groups -OCH3 is 1. The summed E-state index contributed by atoms with van der Waals surface area (Å²) in [4.78, 5) is 7.47. The van der Waals surface area contributed by atoms with Crippen molar-refractivity contribution in [3.8, 4) is 5.75 Å². The Morgan fingerprint density at radius 3 is 2.76 bits per heavy atom. The lowest BCUT2D eigenvalue weighted by Crippen LogP contribution is -2.04. The summed E-state index contributed by atoms with van der Waals surface area (Å²) >= 11 is 5.18. The van der Waals surface area contributed by atoms with Crippen LogP contribution in [0.2, 0.25) is 0 Å². The molecule has 2 N–H and O–H groups in total. The molecule has 21 heavy (non-hydrogen) atoms. The fourth-order valence-electron chi connectivity index (χ4n) is 2.27. The highest BCUT2D eigenvalue weighted by atomic mass is 32.1. The molecule has 0 saturated carbocycles. The third kappa shape index (κ3) is 2.87.